The molecule has 7 nitrogen and oxygen atoms in total. The van der Waals surface area contributed by atoms with Crippen LogP contribution in [0.5, 0.6) is 0 Å². The van der Waals surface area contributed by atoms with E-state index in [1.54, 1.807) is 0 Å². The Morgan fingerprint density at radius 3 is 2.62 bits per heavy atom. The number of hydrogen-bond donors (Lipinski definition) is 2. The first kappa shape index (κ1) is 24.3. The third kappa shape index (κ3) is 8.75. The van der Waals surface area contributed by atoms with E-state index in [9.17, 15) is 0 Å². The monoisotopic (exact) mass is 517 g/mol. The Labute approximate surface area is 192 Å². The van der Waals surface area contributed by atoms with Gasteiger partial charge in [-0.1, -0.05) is 24.3 Å². The Morgan fingerprint density at radius 1 is 1.10 bits per heavy atom. The first-order valence-corrected chi connectivity index (χ1v) is 10.4. The quantitative estimate of drug-likeness (QED) is 0.325. The second-order valence-corrected chi connectivity index (χ2v) is 7.54. The molecule has 2 heterocycles. The Kier molecular flexibility index (Phi) is 11.2. The molecule has 0 spiro atoms. The van der Waals surface area contributed by atoms with E-state index in [1.165, 1.54) is 11.1 Å². The second kappa shape index (κ2) is 13.4. The van der Waals surface area contributed by atoms with E-state index in [0.717, 1.165) is 78.1 Å². The smallest absolute Gasteiger partial charge is 0.191 e. The lowest BCUT2D eigenvalue weighted by Gasteiger charge is -2.31. The van der Waals surface area contributed by atoms with Crippen LogP contribution < -0.4 is 10.6 Å². The van der Waals surface area contributed by atoms with Crippen LogP contribution in [-0.2, 0) is 22.6 Å². The number of guanidine groups is 1. The normalized spacial score (nSPS) is 21.4. The zero-order chi connectivity index (χ0) is 19.6. The van der Waals surface area contributed by atoms with Crippen molar-refractivity contribution in [1.82, 2.24) is 20.4 Å². The average Bonchev–Trinajstić information content (AvgIpc) is 2.71. The molecule has 1 aromatic rings. The second-order valence-electron chi connectivity index (χ2n) is 7.54. The number of benzene rings is 1. The van der Waals surface area contributed by atoms with Crippen molar-refractivity contribution < 1.29 is 9.47 Å². The Bertz CT molecular complexity index is 625. The summed E-state index contributed by atoms with van der Waals surface area (Å²) in [6, 6.07) is 8.80. The molecule has 2 N–H and O–H groups in total. The number of hydrogen-bond acceptors (Lipinski definition) is 5. The molecule has 1 unspecified atom stereocenters. The summed E-state index contributed by atoms with van der Waals surface area (Å²) in [6.07, 6.45) is 0.325. The molecular weight excluding hydrogens is 481 g/mol. The number of morpholine rings is 2. The number of rotatable bonds is 7. The van der Waals surface area contributed by atoms with E-state index in [-0.39, 0.29) is 24.0 Å². The van der Waals surface area contributed by atoms with Crippen LogP contribution in [0.25, 0.3) is 0 Å². The molecule has 29 heavy (non-hydrogen) atoms. The molecule has 2 saturated heterocycles. The summed E-state index contributed by atoms with van der Waals surface area (Å²) in [5.74, 6) is 0.848. The Hall–Kier alpha value is -0.940. The highest BCUT2D eigenvalue weighted by atomic mass is 127. The van der Waals surface area contributed by atoms with E-state index in [4.69, 9.17) is 9.47 Å². The first-order valence-electron chi connectivity index (χ1n) is 10.4. The third-order valence-corrected chi connectivity index (χ3v) is 5.23. The lowest BCUT2D eigenvalue weighted by Crippen LogP contribution is -2.44. The summed E-state index contributed by atoms with van der Waals surface area (Å²) in [7, 11) is 1.82. The average molecular weight is 517 g/mol. The van der Waals surface area contributed by atoms with Crippen molar-refractivity contribution in [2.75, 3.05) is 66.1 Å². The fourth-order valence-electron chi connectivity index (χ4n) is 3.69. The zero-order valence-corrected chi connectivity index (χ0v) is 20.1. The van der Waals surface area contributed by atoms with Crippen molar-refractivity contribution in [1.29, 1.82) is 0 Å². The maximum absolute atomic E-state index is 5.64. The van der Waals surface area contributed by atoms with Gasteiger partial charge in [-0.2, -0.15) is 0 Å². The Morgan fingerprint density at radius 2 is 1.86 bits per heavy atom. The Balaban J connectivity index is 0.00000300. The van der Waals surface area contributed by atoms with Gasteiger partial charge in [0.2, 0.25) is 0 Å². The summed E-state index contributed by atoms with van der Waals surface area (Å²) in [5, 5.41) is 6.83. The van der Waals surface area contributed by atoms with Crippen LogP contribution in [-0.4, -0.2) is 88.0 Å². The molecular formula is C21H36IN5O2. The third-order valence-electron chi connectivity index (χ3n) is 5.23. The largest absolute Gasteiger partial charge is 0.379 e. The van der Waals surface area contributed by atoms with Gasteiger partial charge in [0.1, 0.15) is 0 Å². The zero-order valence-electron chi connectivity index (χ0n) is 17.7. The molecule has 0 saturated carbocycles. The highest BCUT2D eigenvalue weighted by Crippen LogP contribution is 2.12. The fourth-order valence-corrected chi connectivity index (χ4v) is 3.69. The molecule has 0 aliphatic carbocycles. The van der Waals surface area contributed by atoms with Gasteiger partial charge in [0.15, 0.2) is 5.96 Å². The van der Waals surface area contributed by atoms with E-state index in [2.05, 4.69) is 56.6 Å². The number of nitrogens with one attached hydrogen (secondary N) is 2. The predicted octanol–water partition coefficient (Wildman–Crippen LogP) is 1.52. The molecule has 0 radical (unpaired) electrons. The summed E-state index contributed by atoms with van der Waals surface area (Å²) >= 11 is 0. The van der Waals surface area contributed by atoms with Gasteiger partial charge in [-0.25, -0.2) is 0 Å². The van der Waals surface area contributed by atoms with Gasteiger partial charge in [0.05, 0.1) is 25.9 Å². The minimum Gasteiger partial charge on any atom is -0.379 e. The molecule has 0 aromatic heterocycles. The molecule has 1 aromatic carbocycles. The summed E-state index contributed by atoms with van der Waals surface area (Å²) in [4.78, 5) is 9.22. The van der Waals surface area contributed by atoms with Crippen LogP contribution in [0.3, 0.4) is 0 Å². The lowest BCUT2D eigenvalue weighted by atomic mass is 10.1. The van der Waals surface area contributed by atoms with Crippen LogP contribution in [0.15, 0.2) is 29.3 Å². The van der Waals surface area contributed by atoms with Crippen LogP contribution in [0.4, 0.5) is 0 Å². The van der Waals surface area contributed by atoms with Gasteiger partial charge in [-0.3, -0.25) is 14.8 Å². The first-order chi connectivity index (χ1) is 13.7. The molecule has 2 aliphatic heterocycles. The standard InChI is InChI=1S/C21H35N5O2.HI/c1-18-16-26(10-13-28-18)17-20-5-3-4-19(14-20)15-24-21(22-2)23-6-7-25-8-11-27-12-9-25;/h3-5,14,18H,6-13,15-17H2,1-2H3,(H2,22,23,24);1H. The van der Waals surface area contributed by atoms with E-state index < -0.39 is 0 Å². The van der Waals surface area contributed by atoms with Crippen LogP contribution in [0.2, 0.25) is 0 Å². The number of aliphatic imine (C=N–C) groups is 1. The van der Waals surface area contributed by atoms with Crippen LogP contribution in [0, 0.1) is 0 Å². The fraction of sp³-hybridized carbons (Fsp3) is 0.667. The topological polar surface area (TPSA) is 61.4 Å². The van der Waals surface area contributed by atoms with E-state index >= 15 is 0 Å². The molecule has 0 bridgehead atoms. The van der Waals surface area contributed by atoms with Crippen molar-refractivity contribution in [3.63, 3.8) is 0 Å². The number of halogens is 1. The summed E-state index contributed by atoms with van der Waals surface area (Å²) < 4.78 is 11.0. The molecule has 0 amide bonds. The van der Waals surface area contributed by atoms with Gasteiger partial charge >= 0.3 is 0 Å². The van der Waals surface area contributed by atoms with Gasteiger partial charge in [0.25, 0.3) is 0 Å². The van der Waals surface area contributed by atoms with Crippen molar-refractivity contribution in [3.8, 4) is 0 Å². The summed E-state index contributed by atoms with van der Waals surface area (Å²) in [5.41, 5.74) is 2.62. The molecule has 3 rings (SSSR count). The molecule has 2 aliphatic rings. The van der Waals surface area contributed by atoms with E-state index in [1.807, 2.05) is 7.05 Å². The van der Waals surface area contributed by atoms with Crippen LogP contribution >= 0.6 is 24.0 Å². The lowest BCUT2D eigenvalue weighted by molar-refractivity contribution is -0.0212. The van der Waals surface area contributed by atoms with Crippen molar-refractivity contribution in [2.45, 2.75) is 26.1 Å². The van der Waals surface area contributed by atoms with Crippen molar-refractivity contribution in [2.24, 2.45) is 4.99 Å². The van der Waals surface area contributed by atoms with Crippen LogP contribution in [0.1, 0.15) is 18.1 Å². The molecule has 8 heteroatoms. The van der Waals surface area contributed by atoms with E-state index in [0.29, 0.717) is 6.10 Å². The maximum atomic E-state index is 5.64. The SMILES string of the molecule is CN=C(NCCN1CCOCC1)NCc1cccc(CN2CCOC(C)C2)c1.I. The molecule has 1 atom stereocenters. The van der Waals surface area contributed by atoms with Gasteiger partial charge in [-0.05, 0) is 18.1 Å². The van der Waals surface area contributed by atoms with Gasteiger partial charge < -0.3 is 20.1 Å². The minimum atomic E-state index is 0. The molecule has 164 valence electrons. The number of ether oxygens (including phenoxy) is 2. The highest BCUT2D eigenvalue weighted by molar-refractivity contribution is 14.0. The maximum Gasteiger partial charge on any atom is 0.191 e. The van der Waals surface area contributed by atoms with Crippen molar-refractivity contribution >= 4 is 29.9 Å². The number of nitrogens with zero attached hydrogens (tertiary/aromatic N) is 3. The molecule has 2 fully saturated rings. The van der Waals surface area contributed by atoms with Crippen molar-refractivity contribution in [3.05, 3.63) is 35.4 Å². The summed E-state index contributed by atoms with van der Waals surface area (Å²) in [6.45, 7) is 12.3. The highest BCUT2D eigenvalue weighted by Gasteiger charge is 2.16. The van der Waals surface area contributed by atoms with Gasteiger partial charge in [-0.15, -0.1) is 24.0 Å². The minimum absolute atomic E-state index is 0. The van der Waals surface area contributed by atoms with Gasteiger partial charge in [0, 0.05) is 59.4 Å². The predicted molar refractivity (Wildman–Crippen MR) is 128 cm³/mol.